The summed E-state index contributed by atoms with van der Waals surface area (Å²) in [4.78, 5) is 0. The average molecular weight is 198 g/mol. The number of rotatable bonds is 2. The average Bonchev–Trinajstić information content (AvgIpc) is 2.09. The minimum atomic E-state index is -2.91. The summed E-state index contributed by atoms with van der Waals surface area (Å²) in [6.45, 7) is -1.39. The Morgan fingerprint density at radius 1 is 1.50 bits per heavy atom. The molecule has 0 bridgehead atoms. The monoisotopic (exact) mass is 198 g/mol. The zero-order valence-corrected chi connectivity index (χ0v) is 7.42. The molecule has 0 radical (unpaired) electrons. The Bertz CT molecular complexity index is 385. The van der Waals surface area contributed by atoms with E-state index in [0.717, 1.165) is 0 Å². The van der Waals surface area contributed by atoms with Crippen molar-refractivity contribution in [2.75, 3.05) is 5.73 Å². The van der Waals surface area contributed by atoms with Crippen LogP contribution in [0.1, 0.15) is 11.1 Å². The van der Waals surface area contributed by atoms with Gasteiger partial charge in [0, 0.05) is 17.3 Å². The first-order valence-electron chi connectivity index (χ1n) is 3.79. The lowest BCUT2D eigenvalue weighted by Crippen LogP contribution is -2.05. The van der Waals surface area contributed by atoms with Crippen LogP contribution in [0.2, 0.25) is 0 Å². The highest BCUT2D eigenvalue weighted by atomic mass is 19.3. The summed E-state index contributed by atoms with van der Waals surface area (Å²) >= 11 is 0. The zero-order valence-electron chi connectivity index (χ0n) is 7.42. The lowest BCUT2D eigenvalue weighted by atomic mass is 10.1. The number of nitrogens with two attached hydrogens (primary N) is 1. The molecule has 14 heavy (non-hydrogen) atoms. The summed E-state index contributed by atoms with van der Waals surface area (Å²) in [5.41, 5.74) is 6.23. The second-order valence-corrected chi connectivity index (χ2v) is 2.68. The van der Waals surface area contributed by atoms with Gasteiger partial charge in [0.25, 0.3) is 0 Å². The molecular weight excluding hydrogens is 190 g/mol. The zero-order chi connectivity index (χ0) is 10.7. The third kappa shape index (κ3) is 2.10. The molecule has 0 saturated heterocycles. The van der Waals surface area contributed by atoms with Crippen LogP contribution in [0, 0.1) is 18.3 Å². The summed E-state index contributed by atoms with van der Waals surface area (Å²) in [6.07, 6.45) is 0. The van der Waals surface area contributed by atoms with Crippen molar-refractivity contribution in [1.82, 2.24) is 0 Å². The van der Waals surface area contributed by atoms with Crippen LogP contribution in [0.4, 0.5) is 14.5 Å². The van der Waals surface area contributed by atoms with Gasteiger partial charge in [0.1, 0.15) is 5.75 Å². The number of nitrogens with zero attached hydrogens (tertiary/aromatic N) is 1. The Kier molecular flexibility index (Phi) is 2.87. The summed E-state index contributed by atoms with van der Waals surface area (Å²) < 4.78 is 28.0. The topological polar surface area (TPSA) is 59.0 Å². The van der Waals surface area contributed by atoms with E-state index in [0.29, 0.717) is 5.56 Å². The van der Waals surface area contributed by atoms with E-state index in [1.165, 1.54) is 19.1 Å². The van der Waals surface area contributed by atoms with Gasteiger partial charge in [0.2, 0.25) is 0 Å². The smallest absolute Gasteiger partial charge is 0.387 e. The molecule has 0 aliphatic heterocycles. The van der Waals surface area contributed by atoms with Crippen LogP contribution in [0.25, 0.3) is 0 Å². The Hall–Kier alpha value is -1.83. The highest BCUT2D eigenvalue weighted by Gasteiger charge is 2.11. The number of nitriles is 1. The van der Waals surface area contributed by atoms with Crippen LogP contribution in [-0.2, 0) is 0 Å². The number of hydrogen-bond acceptors (Lipinski definition) is 3. The molecule has 0 unspecified atom stereocenters. The van der Waals surface area contributed by atoms with Gasteiger partial charge >= 0.3 is 6.61 Å². The molecule has 0 saturated carbocycles. The van der Waals surface area contributed by atoms with Crippen molar-refractivity contribution in [3.8, 4) is 11.8 Å². The highest BCUT2D eigenvalue weighted by Crippen LogP contribution is 2.26. The van der Waals surface area contributed by atoms with Crippen LogP contribution in [-0.4, -0.2) is 6.61 Å². The van der Waals surface area contributed by atoms with Gasteiger partial charge in [-0.15, -0.1) is 0 Å². The molecular formula is C9H8F2N2O. The van der Waals surface area contributed by atoms with Crippen molar-refractivity contribution >= 4 is 5.69 Å². The second kappa shape index (κ2) is 3.92. The molecule has 2 N–H and O–H groups in total. The number of ether oxygens (including phenoxy) is 1. The minimum Gasteiger partial charge on any atom is -0.434 e. The van der Waals surface area contributed by atoms with Gasteiger partial charge in [-0.1, -0.05) is 0 Å². The summed E-state index contributed by atoms with van der Waals surface area (Å²) in [5.74, 6) is -0.0587. The van der Waals surface area contributed by atoms with E-state index in [-0.39, 0.29) is 17.0 Å². The molecule has 0 aliphatic carbocycles. The van der Waals surface area contributed by atoms with E-state index < -0.39 is 6.61 Å². The van der Waals surface area contributed by atoms with Crippen molar-refractivity contribution in [3.63, 3.8) is 0 Å². The van der Waals surface area contributed by atoms with E-state index in [2.05, 4.69) is 4.74 Å². The Morgan fingerprint density at radius 2 is 2.14 bits per heavy atom. The van der Waals surface area contributed by atoms with Gasteiger partial charge in [0.15, 0.2) is 0 Å². The van der Waals surface area contributed by atoms with Crippen molar-refractivity contribution in [3.05, 3.63) is 23.3 Å². The predicted octanol–water partition coefficient (Wildman–Crippen LogP) is 2.05. The standard InChI is InChI=1S/C9H8F2N2O/c1-5-6(4-12)2-7(13)3-8(5)14-9(10)11/h2-3,9H,13H2,1H3. The fourth-order valence-electron chi connectivity index (χ4n) is 1.04. The summed E-state index contributed by atoms with van der Waals surface area (Å²) in [5, 5.41) is 8.65. The molecule has 74 valence electrons. The van der Waals surface area contributed by atoms with Crippen LogP contribution in [0.15, 0.2) is 12.1 Å². The fraction of sp³-hybridized carbons (Fsp3) is 0.222. The highest BCUT2D eigenvalue weighted by molar-refractivity contribution is 5.56. The van der Waals surface area contributed by atoms with E-state index in [9.17, 15) is 8.78 Å². The Morgan fingerprint density at radius 3 is 2.64 bits per heavy atom. The van der Waals surface area contributed by atoms with Gasteiger partial charge in [-0.25, -0.2) is 0 Å². The maximum atomic E-state index is 11.9. The Labute approximate surface area is 79.7 Å². The van der Waals surface area contributed by atoms with Crippen molar-refractivity contribution in [1.29, 1.82) is 5.26 Å². The van der Waals surface area contributed by atoms with Gasteiger partial charge in [-0.2, -0.15) is 14.0 Å². The third-order valence-electron chi connectivity index (χ3n) is 1.72. The molecule has 0 aliphatic rings. The molecule has 0 atom stereocenters. The fourth-order valence-corrected chi connectivity index (χ4v) is 1.04. The number of anilines is 1. The molecule has 5 heteroatoms. The lowest BCUT2D eigenvalue weighted by Gasteiger charge is -2.09. The first-order valence-corrected chi connectivity index (χ1v) is 3.79. The quantitative estimate of drug-likeness (QED) is 0.740. The number of nitrogen functional groups attached to an aromatic ring is 1. The van der Waals surface area contributed by atoms with E-state index >= 15 is 0 Å². The van der Waals surface area contributed by atoms with E-state index in [1.54, 1.807) is 0 Å². The number of alkyl halides is 2. The van der Waals surface area contributed by atoms with Gasteiger partial charge in [0.05, 0.1) is 11.6 Å². The van der Waals surface area contributed by atoms with Gasteiger partial charge in [-0.05, 0) is 13.0 Å². The van der Waals surface area contributed by atoms with Crippen LogP contribution >= 0.6 is 0 Å². The molecule has 0 aromatic heterocycles. The lowest BCUT2D eigenvalue weighted by molar-refractivity contribution is -0.0502. The molecule has 1 aromatic rings. The summed E-state index contributed by atoms with van der Waals surface area (Å²) in [6, 6.07) is 4.52. The maximum absolute atomic E-state index is 11.9. The molecule has 0 fully saturated rings. The largest absolute Gasteiger partial charge is 0.434 e. The Balaban J connectivity index is 3.17. The number of benzene rings is 1. The molecule has 1 rings (SSSR count). The normalized spacial score (nSPS) is 9.93. The number of hydrogen-bond donors (Lipinski definition) is 1. The molecule has 3 nitrogen and oxygen atoms in total. The van der Waals surface area contributed by atoms with E-state index in [4.69, 9.17) is 11.0 Å². The third-order valence-corrected chi connectivity index (χ3v) is 1.72. The van der Waals surface area contributed by atoms with Gasteiger partial charge in [-0.3, -0.25) is 0 Å². The SMILES string of the molecule is Cc1c(C#N)cc(N)cc1OC(F)F. The molecule has 1 aromatic carbocycles. The predicted molar refractivity (Wildman–Crippen MR) is 46.9 cm³/mol. The van der Waals surface area contributed by atoms with Gasteiger partial charge < -0.3 is 10.5 Å². The maximum Gasteiger partial charge on any atom is 0.387 e. The minimum absolute atomic E-state index is 0.0587. The van der Waals surface area contributed by atoms with Crippen molar-refractivity contribution in [2.45, 2.75) is 13.5 Å². The first kappa shape index (κ1) is 10.3. The van der Waals surface area contributed by atoms with Crippen LogP contribution in [0.5, 0.6) is 5.75 Å². The molecule has 0 heterocycles. The second-order valence-electron chi connectivity index (χ2n) is 2.68. The van der Waals surface area contributed by atoms with Crippen LogP contribution < -0.4 is 10.5 Å². The van der Waals surface area contributed by atoms with Crippen LogP contribution in [0.3, 0.4) is 0 Å². The van der Waals surface area contributed by atoms with E-state index in [1.807, 2.05) is 6.07 Å². The molecule has 0 spiro atoms. The first-order chi connectivity index (χ1) is 6.54. The molecule has 0 amide bonds. The van der Waals surface area contributed by atoms with Crippen molar-refractivity contribution in [2.24, 2.45) is 0 Å². The number of halogens is 2. The van der Waals surface area contributed by atoms with Crippen molar-refractivity contribution < 1.29 is 13.5 Å². The summed E-state index contributed by atoms with van der Waals surface area (Å²) in [7, 11) is 0.